The number of hydrogen-bond acceptors (Lipinski definition) is 3. The standard InChI is InChI=1S/C18H18Cl2N2O2.ClH/c19-14-7-6-13(10-15(14)20)16-11-22(8-9-24-16)18(23)17(21)12-4-2-1-3-5-12;/h1-7,10,16-17H,8-9,11,21H2;1H. The third-order valence-electron chi connectivity index (χ3n) is 4.12. The van der Waals surface area contributed by atoms with E-state index in [1.807, 2.05) is 36.4 Å². The van der Waals surface area contributed by atoms with Crippen molar-refractivity contribution in [2.75, 3.05) is 19.7 Å². The maximum atomic E-state index is 12.7. The Kier molecular flexibility index (Phi) is 7.11. The molecule has 4 nitrogen and oxygen atoms in total. The predicted octanol–water partition coefficient (Wildman–Crippen LogP) is 4.02. The van der Waals surface area contributed by atoms with Gasteiger partial charge in [-0.3, -0.25) is 4.79 Å². The van der Waals surface area contributed by atoms with E-state index in [1.54, 1.807) is 17.0 Å². The molecule has 2 aromatic rings. The molecule has 1 aliphatic heterocycles. The molecular formula is C18H19Cl3N2O2. The number of rotatable bonds is 3. The van der Waals surface area contributed by atoms with Crippen LogP contribution in [0.1, 0.15) is 23.3 Å². The van der Waals surface area contributed by atoms with E-state index in [2.05, 4.69) is 0 Å². The summed E-state index contributed by atoms with van der Waals surface area (Å²) in [6, 6.07) is 14.1. The van der Waals surface area contributed by atoms with E-state index in [9.17, 15) is 4.79 Å². The Labute approximate surface area is 163 Å². The third-order valence-corrected chi connectivity index (χ3v) is 4.86. The lowest BCUT2D eigenvalue weighted by Gasteiger charge is -2.34. The van der Waals surface area contributed by atoms with Gasteiger partial charge in [0.2, 0.25) is 5.91 Å². The second kappa shape index (κ2) is 8.88. The fourth-order valence-electron chi connectivity index (χ4n) is 2.76. The number of amides is 1. The molecule has 0 bridgehead atoms. The highest BCUT2D eigenvalue weighted by Crippen LogP contribution is 2.29. The maximum absolute atomic E-state index is 12.7. The summed E-state index contributed by atoms with van der Waals surface area (Å²) in [6.45, 7) is 1.42. The summed E-state index contributed by atoms with van der Waals surface area (Å²) in [5.41, 5.74) is 7.83. The number of ether oxygens (including phenoxy) is 1. The molecule has 0 radical (unpaired) electrons. The van der Waals surface area contributed by atoms with Gasteiger partial charge in [-0.15, -0.1) is 12.4 Å². The molecule has 0 spiro atoms. The summed E-state index contributed by atoms with van der Waals surface area (Å²) in [5, 5.41) is 0.970. The predicted molar refractivity (Wildman–Crippen MR) is 102 cm³/mol. The van der Waals surface area contributed by atoms with Crippen molar-refractivity contribution in [3.8, 4) is 0 Å². The highest BCUT2D eigenvalue weighted by Gasteiger charge is 2.29. The molecule has 3 rings (SSSR count). The van der Waals surface area contributed by atoms with Crippen molar-refractivity contribution in [3.05, 3.63) is 69.7 Å². The van der Waals surface area contributed by atoms with E-state index in [-0.39, 0.29) is 24.4 Å². The summed E-state index contributed by atoms with van der Waals surface area (Å²) in [7, 11) is 0. The molecule has 0 aliphatic carbocycles. The summed E-state index contributed by atoms with van der Waals surface area (Å²) >= 11 is 12.0. The number of nitrogens with zero attached hydrogens (tertiary/aromatic N) is 1. The number of halogens is 3. The molecule has 0 saturated carbocycles. The highest BCUT2D eigenvalue weighted by molar-refractivity contribution is 6.42. The van der Waals surface area contributed by atoms with Crippen LogP contribution in [0.4, 0.5) is 0 Å². The number of benzene rings is 2. The van der Waals surface area contributed by atoms with Gasteiger partial charge in [-0.2, -0.15) is 0 Å². The van der Waals surface area contributed by atoms with Gasteiger partial charge in [-0.05, 0) is 23.3 Å². The SMILES string of the molecule is Cl.NC(C(=O)N1CCOC(c2ccc(Cl)c(Cl)c2)C1)c1ccccc1. The lowest BCUT2D eigenvalue weighted by molar-refractivity contribution is -0.140. The van der Waals surface area contributed by atoms with Crippen molar-refractivity contribution in [1.29, 1.82) is 0 Å². The van der Waals surface area contributed by atoms with Gasteiger partial charge in [0.15, 0.2) is 0 Å². The summed E-state index contributed by atoms with van der Waals surface area (Å²) in [6.07, 6.45) is -0.236. The van der Waals surface area contributed by atoms with Gasteiger partial charge >= 0.3 is 0 Å². The van der Waals surface area contributed by atoms with Crippen molar-refractivity contribution in [2.45, 2.75) is 12.1 Å². The zero-order valence-electron chi connectivity index (χ0n) is 13.4. The molecule has 2 atom stereocenters. The number of nitrogens with two attached hydrogens (primary N) is 1. The van der Waals surface area contributed by atoms with Crippen LogP contribution in [0.5, 0.6) is 0 Å². The van der Waals surface area contributed by atoms with Gasteiger partial charge in [-0.25, -0.2) is 0 Å². The quantitative estimate of drug-likeness (QED) is 0.845. The van der Waals surface area contributed by atoms with Crippen LogP contribution in [0.25, 0.3) is 0 Å². The topological polar surface area (TPSA) is 55.6 Å². The molecular weight excluding hydrogens is 383 g/mol. The molecule has 25 heavy (non-hydrogen) atoms. The fraction of sp³-hybridized carbons (Fsp3) is 0.278. The minimum atomic E-state index is -0.668. The van der Waals surface area contributed by atoms with Crippen LogP contribution in [0, 0.1) is 0 Å². The molecule has 1 aliphatic rings. The minimum absolute atomic E-state index is 0. The van der Waals surface area contributed by atoms with Crippen LogP contribution in [-0.2, 0) is 9.53 Å². The minimum Gasteiger partial charge on any atom is -0.370 e. The van der Waals surface area contributed by atoms with Crippen molar-refractivity contribution in [1.82, 2.24) is 4.90 Å². The molecule has 1 fully saturated rings. The molecule has 7 heteroatoms. The van der Waals surface area contributed by atoms with Gasteiger partial charge in [0, 0.05) is 6.54 Å². The molecule has 2 unspecified atom stereocenters. The smallest absolute Gasteiger partial charge is 0.244 e. The second-order valence-electron chi connectivity index (χ2n) is 5.71. The Balaban J connectivity index is 0.00000225. The maximum Gasteiger partial charge on any atom is 0.244 e. The first-order valence-corrected chi connectivity index (χ1v) is 8.47. The Bertz CT molecular complexity index is 728. The number of carbonyl (C=O) groups is 1. The number of carbonyl (C=O) groups excluding carboxylic acids is 1. The van der Waals surface area contributed by atoms with Crippen LogP contribution in [0.3, 0.4) is 0 Å². The first-order valence-electron chi connectivity index (χ1n) is 7.72. The zero-order chi connectivity index (χ0) is 17.1. The van der Waals surface area contributed by atoms with E-state index >= 15 is 0 Å². The molecule has 1 amide bonds. The summed E-state index contributed by atoms with van der Waals surface area (Å²) in [4.78, 5) is 14.4. The molecule has 2 N–H and O–H groups in total. The summed E-state index contributed by atoms with van der Waals surface area (Å²) < 4.78 is 5.79. The lowest BCUT2D eigenvalue weighted by Crippen LogP contribution is -2.46. The molecule has 1 saturated heterocycles. The van der Waals surface area contributed by atoms with Crippen LogP contribution in [0.15, 0.2) is 48.5 Å². The third kappa shape index (κ3) is 4.66. The van der Waals surface area contributed by atoms with Crippen molar-refractivity contribution in [2.24, 2.45) is 5.73 Å². The molecule has 2 aromatic carbocycles. The Morgan fingerprint density at radius 3 is 2.56 bits per heavy atom. The first-order chi connectivity index (χ1) is 11.6. The average molecular weight is 402 g/mol. The van der Waals surface area contributed by atoms with E-state index in [4.69, 9.17) is 33.7 Å². The van der Waals surface area contributed by atoms with E-state index in [0.29, 0.717) is 29.7 Å². The van der Waals surface area contributed by atoms with Gasteiger partial charge in [0.25, 0.3) is 0 Å². The van der Waals surface area contributed by atoms with Gasteiger partial charge < -0.3 is 15.4 Å². The van der Waals surface area contributed by atoms with Crippen molar-refractivity contribution in [3.63, 3.8) is 0 Å². The molecule has 1 heterocycles. The summed E-state index contributed by atoms with van der Waals surface area (Å²) in [5.74, 6) is -0.102. The Hall–Kier alpha value is -1.30. The number of morpholine rings is 1. The number of hydrogen-bond donors (Lipinski definition) is 1. The fourth-order valence-corrected chi connectivity index (χ4v) is 3.07. The molecule has 134 valence electrons. The average Bonchev–Trinajstić information content (AvgIpc) is 2.63. The van der Waals surface area contributed by atoms with Crippen molar-refractivity contribution >= 4 is 41.5 Å². The second-order valence-corrected chi connectivity index (χ2v) is 6.52. The van der Waals surface area contributed by atoms with Crippen LogP contribution >= 0.6 is 35.6 Å². The largest absolute Gasteiger partial charge is 0.370 e. The zero-order valence-corrected chi connectivity index (χ0v) is 15.7. The normalized spacial score (nSPS) is 18.4. The monoisotopic (exact) mass is 400 g/mol. The lowest BCUT2D eigenvalue weighted by atomic mass is 10.0. The van der Waals surface area contributed by atoms with Crippen molar-refractivity contribution < 1.29 is 9.53 Å². The Morgan fingerprint density at radius 1 is 1.16 bits per heavy atom. The Morgan fingerprint density at radius 2 is 1.88 bits per heavy atom. The van der Waals surface area contributed by atoms with Crippen LogP contribution in [0.2, 0.25) is 10.0 Å². The van der Waals surface area contributed by atoms with Crippen LogP contribution < -0.4 is 5.73 Å². The van der Waals surface area contributed by atoms with Gasteiger partial charge in [0.1, 0.15) is 12.1 Å². The highest BCUT2D eigenvalue weighted by atomic mass is 35.5. The van der Waals surface area contributed by atoms with Gasteiger partial charge in [0.05, 0.1) is 23.2 Å². The van der Waals surface area contributed by atoms with E-state index in [0.717, 1.165) is 11.1 Å². The van der Waals surface area contributed by atoms with E-state index < -0.39 is 6.04 Å². The van der Waals surface area contributed by atoms with E-state index in [1.165, 1.54) is 0 Å². The van der Waals surface area contributed by atoms with Gasteiger partial charge in [-0.1, -0.05) is 59.6 Å². The first kappa shape index (κ1) is 20.0. The molecule has 0 aromatic heterocycles. The van der Waals surface area contributed by atoms with Crippen LogP contribution in [-0.4, -0.2) is 30.5 Å².